The number of nitrogens with one attached hydrogen (secondary N) is 1. The van der Waals surface area contributed by atoms with E-state index < -0.39 is 27.3 Å². The first-order valence-corrected chi connectivity index (χ1v) is 15.0. The normalized spacial score (nSPS) is 12.3. The van der Waals surface area contributed by atoms with Crippen LogP contribution in [0.15, 0.2) is 112 Å². The lowest BCUT2D eigenvalue weighted by molar-refractivity contribution is -0.111. The molecule has 0 aliphatic carbocycles. The summed E-state index contributed by atoms with van der Waals surface area (Å²) in [5, 5.41) is 46.0. The molecule has 15 heteroatoms. The van der Waals surface area contributed by atoms with E-state index in [2.05, 4.69) is 25.1 Å². The van der Waals surface area contributed by atoms with Crippen molar-refractivity contribution in [2.24, 2.45) is 10.2 Å². The van der Waals surface area contributed by atoms with Gasteiger partial charge < -0.3 is 29.5 Å². The van der Waals surface area contributed by atoms with Gasteiger partial charge in [0.15, 0.2) is 34.5 Å². The average molecular weight is 660 g/mol. The summed E-state index contributed by atoms with van der Waals surface area (Å²) < 4.78 is 43.0. The Morgan fingerprint density at radius 1 is 0.787 bits per heavy atom. The molecule has 0 saturated heterocycles. The number of ether oxygens (including phenoxy) is 3. The van der Waals surface area contributed by atoms with Gasteiger partial charge in [0.25, 0.3) is 10.0 Å². The molecule has 0 unspecified atom stereocenters. The monoisotopic (exact) mass is 659 g/mol. The topological polar surface area (TPSA) is 202 Å². The van der Waals surface area contributed by atoms with Crippen LogP contribution in [0.5, 0.6) is 28.9 Å². The Balaban J connectivity index is 1.61. The molecule has 0 amide bonds. The Hall–Kier alpha value is -6.22. The molecule has 0 bridgehead atoms. The van der Waals surface area contributed by atoms with Crippen LogP contribution in [-0.4, -0.2) is 61.0 Å². The Morgan fingerprint density at radius 2 is 1.38 bits per heavy atom. The van der Waals surface area contributed by atoms with Crippen molar-refractivity contribution in [2.45, 2.75) is 4.90 Å². The maximum Gasteiger partial charge on any atom is 0.263 e. The first-order chi connectivity index (χ1) is 22.5. The van der Waals surface area contributed by atoms with Gasteiger partial charge in [-0.1, -0.05) is 24.3 Å². The third-order valence-electron chi connectivity index (χ3n) is 6.25. The van der Waals surface area contributed by atoms with Gasteiger partial charge in [-0.15, -0.1) is 15.3 Å². The van der Waals surface area contributed by atoms with E-state index in [1.165, 1.54) is 100 Å². The maximum absolute atomic E-state index is 13.2. The highest BCUT2D eigenvalue weighted by Gasteiger charge is 2.16. The van der Waals surface area contributed by atoms with Crippen LogP contribution in [-0.2, 0) is 14.8 Å². The Morgan fingerprint density at radius 3 is 1.91 bits per heavy atom. The Labute approximate surface area is 269 Å². The van der Waals surface area contributed by atoms with E-state index in [9.17, 15) is 28.5 Å². The molecule has 1 heterocycles. The van der Waals surface area contributed by atoms with Crippen molar-refractivity contribution < 1.29 is 42.7 Å². The number of aliphatic hydroxyl groups excluding tert-OH is 1. The number of benzene rings is 3. The van der Waals surface area contributed by atoms with Gasteiger partial charge in [0, 0.05) is 6.07 Å². The summed E-state index contributed by atoms with van der Waals surface area (Å²) in [4.78, 5) is 13.1. The minimum absolute atomic E-state index is 0.0177. The Bertz CT molecular complexity index is 1970. The van der Waals surface area contributed by atoms with Crippen LogP contribution in [0.3, 0.4) is 0 Å². The van der Waals surface area contributed by atoms with E-state index >= 15 is 0 Å². The van der Waals surface area contributed by atoms with Gasteiger partial charge >= 0.3 is 0 Å². The van der Waals surface area contributed by atoms with Crippen LogP contribution in [0.25, 0.3) is 12.2 Å². The SMILES string of the molecule is COc1ccc(NS(=O)(=O)c2ccc(N=N/C(C(=O)/C=C/c3ccc(O)c(OC)c3)=C(O)\C=C\c3ccc(O)c(OC)c3)cc2)nn1. The lowest BCUT2D eigenvalue weighted by Gasteiger charge is -2.07. The molecule has 4 rings (SSSR count). The third kappa shape index (κ3) is 8.92. The molecule has 0 atom stereocenters. The summed E-state index contributed by atoms with van der Waals surface area (Å²) in [6.45, 7) is 0. The van der Waals surface area contributed by atoms with E-state index in [0.717, 1.165) is 6.08 Å². The van der Waals surface area contributed by atoms with Crippen LogP contribution in [0.4, 0.5) is 11.5 Å². The molecule has 0 saturated carbocycles. The molecule has 0 aliphatic heterocycles. The minimum atomic E-state index is -4.03. The zero-order valence-electron chi connectivity index (χ0n) is 25.2. The molecule has 14 nitrogen and oxygen atoms in total. The van der Waals surface area contributed by atoms with Gasteiger partial charge in [-0.3, -0.25) is 9.52 Å². The number of aromatic hydroxyl groups is 2. The number of allylic oxidation sites excluding steroid dienone is 2. The summed E-state index contributed by atoms with van der Waals surface area (Å²) in [7, 11) is 0.153. The fourth-order valence-electron chi connectivity index (χ4n) is 3.81. The molecule has 47 heavy (non-hydrogen) atoms. The van der Waals surface area contributed by atoms with Gasteiger partial charge in [-0.2, -0.15) is 5.11 Å². The standard InChI is InChI=1S/C32H29N5O9S/c1-44-28-18-20(4-12-24(28)38)6-14-26(40)32(27(41)15-7-21-5-13-25(39)29(19-21)45-2)36-33-22-8-10-23(11-9-22)47(42,43)37-30-16-17-31(46-3)35-34-30/h4-19,38-40H,1-3H3,(H,34,37)/b14-6+,15-7+,32-26+,36-33?. The summed E-state index contributed by atoms with van der Waals surface area (Å²) >= 11 is 0. The van der Waals surface area contributed by atoms with Gasteiger partial charge in [-0.05, 0) is 77.9 Å². The number of aromatic nitrogens is 2. The van der Waals surface area contributed by atoms with Crippen LogP contribution >= 0.6 is 0 Å². The second-order valence-corrected chi connectivity index (χ2v) is 11.1. The number of nitrogens with zero attached hydrogens (tertiary/aromatic N) is 4. The van der Waals surface area contributed by atoms with Gasteiger partial charge in [-0.25, -0.2) is 8.42 Å². The van der Waals surface area contributed by atoms with Crippen LogP contribution in [0.2, 0.25) is 0 Å². The highest BCUT2D eigenvalue weighted by atomic mass is 32.2. The zero-order valence-corrected chi connectivity index (χ0v) is 26.0. The summed E-state index contributed by atoms with van der Waals surface area (Å²) in [5.41, 5.74) is 0.783. The number of phenols is 2. The molecule has 0 spiro atoms. The lowest BCUT2D eigenvalue weighted by Crippen LogP contribution is -2.14. The summed E-state index contributed by atoms with van der Waals surface area (Å²) in [6, 6.07) is 17.0. The number of ketones is 1. The number of phenolic OH excluding ortho intramolecular Hbond substituents is 2. The molecule has 242 valence electrons. The number of azo groups is 1. The number of rotatable bonds is 13. The lowest BCUT2D eigenvalue weighted by atomic mass is 10.1. The minimum Gasteiger partial charge on any atom is -0.505 e. The van der Waals surface area contributed by atoms with Crippen molar-refractivity contribution in [1.82, 2.24) is 10.2 Å². The third-order valence-corrected chi connectivity index (χ3v) is 7.62. The van der Waals surface area contributed by atoms with Crippen molar-refractivity contribution in [3.05, 3.63) is 108 Å². The molecule has 3 aromatic carbocycles. The molecule has 0 radical (unpaired) electrons. The maximum atomic E-state index is 13.2. The smallest absolute Gasteiger partial charge is 0.263 e. The molecule has 0 fully saturated rings. The predicted octanol–water partition coefficient (Wildman–Crippen LogP) is 5.56. The first-order valence-electron chi connectivity index (χ1n) is 13.5. The number of hydrogen-bond donors (Lipinski definition) is 4. The van der Waals surface area contributed by atoms with Crippen molar-refractivity contribution in [1.29, 1.82) is 0 Å². The number of sulfonamides is 1. The zero-order chi connectivity index (χ0) is 34.0. The fraction of sp³-hybridized carbons (Fsp3) is 0.0938. The van der Waals surface area contributed by atoms with Gasteiger partial charge in [0.05, 0.1) is 31.9 Å². The van der Waals surface area contributed by atoms with Crippen molar-refractivity contribution >= 4 is 39.5 Å². The number of carbonyl (C=O) groups is 1. The molecular weight excluding hydrogens is 630 g/mol. The van der Waals surface area contributed by atoms with E-state index in [1.807, 2.05) is 0 Å². The van der Waals surface area contributed by atoms with Crippen LogP contribution < -0.4 is 18.9 Å². The Kier molecular flexibility index (Phi) is 10.9. The van der Waals surface area contributed by atoms with E-state index in [-0.39, 0.29) is 45.3 Å². The largest absolute Gasteiger partial charge is 0.505 e. The van der Waals surface area contributed by atoms with Gasteiger partial charge in [0.1, 0.15) is 5.76 Å². The first kappa shape index (κ1) is 33.7. The van der Waals surface area contributed by atoms with E-state index in [1.54, 1.807) is 12.1 Å². The number of aliphatic hydroxyl groups is 1. The highest BCUT2D eigenvalue weighted by Crippen LogP contribution is 2.28. The van der Waals surface area contributed by atoms with Crippen LogP contribution in [0, 0.1) is 0 Å². The van der Waals surface area contributed by atoms with Crippen molar-refractivity contribution in [3.63, 3.8) is 0 Å². The molecule has 0 aliphatic rings. The number of methoxy groups -OCH3 is 3. The number of hydrogen-bond acceptors (Lipinski definition) is 13. The summed E-state index contributed by atoms with van der Waals surface area (Å²) in [6.07, 6.45) is 5.27. The van der Waals surface area contributed by atoms with Crippen molar-refractivity contribution in [2.75, 3.05) is 26.1 Å². The number of anilines is 1. The summed E-state index contributed by atoms with van der Waals surface area (Å²) in [5.74, 6) is -0.821. The second-order valence-electron chi connectivity index (χ2n) is 9.39. The second kappa shape index (κ2) is 15.2. The number of carbonyl (C=O) groups excluding carboxylic acids is 1. The molecule has 4 N–H and O–H groups in total. The quantitative estimate of drug-likeness (QED) is 0.0605. The van der Waals surface area contributed by atoms with Crippen LogP contribution in [0.1, 0.15) is 11.1 Å². The molecule has 1 aromatic heterocycles. The van der Waals surface area contributed by atoms with Crippen molar-refractivity contribution in [3.8, 4) is 28.9 Å². The molecule has 4 aromatic rings. The average Bonchev–Trinajstić information content (AvgIpc) is 3.08. The van der Waals surface area contributed by atoms with Gasteiger partial charge in [0.2, 0.25) is 11.7 Å². The molecular formula is C32H29N5O9S. The van der Waals surface area contributed by atoms with E-state index in [0.29, 0.717) is 11.1 Å². The predicted molar refractivity (Wildman–Crippen MR) is 172 cm³/mol. The highest BCUT2D eigenvalue weighted by molar-refractivity contribution is 7.92. The van der Waals surface area contributed by atoms with E-state index in [4.69, 9.17) is 14.2 Å². The fourth-order valence-corrected chi connectivity index (χ4v) is 4.80.